The molecule has 6 nitrogen and oxygen atoms in total. The van der Waals surface area contributed by atoms with E-state index in [1.54, 1.807) is 0 Å². The van der Waals surface area contributed by atoms with Gasteiger partial charge in [-0.3, -0.25) is 9.71 Å². The lowest BCUT2D eigenvalue weighted by Crippen LogP contribution is -2.14. The van der Waals surface area contributed by atoms with Crippen LogP contribution in [0.2, 0.25) is 0 Å². The van der Waals surface area contributed by atoms with E-state index >= 15 is 0 Å². The third kappa shape index (κ3) is 3.99. The molecule has 0 amide bonds. The van der Waals surface area contributed by atoms with E-state index in [1.165, 1.54) is 30.3 Å². The van der Waals surface area contributed by atoms with Gasteiger partial charge in [-0.2, -0.15) is 13.2 Å². The number of anilines is 1. The van der Waals surface area contributed by atoms with Crippen LogP contribution in [-0.4, -0.2) is 18.9 Å². The number of alkyl halides is 3. The third-order valence-electron chi connectivity index (χ3n) is 3.06. The zero-order valence-electron chi connectivity index (χ0n) is 12.1. The Morgan fingerprint density at radius 3 is 2.56 bits per heavy atom. The van der Waals surface area contributed by atoms with E-state index in [9.17, 15) is 26.4 Å². The van der Waals surface area contributed by atoms with Crippen LogP contribution < -0.4 is 10.5 Å². The minimum Gasteiger partial charge on any atom is -0.408 e. The molecule has 11 heteroatoms. The van der Waals surface area contributed by atoms with Crippen molar-refractivity contribution in [3.8, 4) is 0 Å². The van der Waals surface area contributed by atoms with Gasteiger partial charge < -0.3 is 4.42 Å². The molecule has 0 unspecified atom stereocenters. The van der Waals surface area contributed by atoms with Crippen LogP contribution in [0.15, 0.2) is 61.5 Å². The Labute approximate surface area is 143 Å². The Kier molecular flexibility index (Phi) is 4.29. The first-order valence-corrected chi connectivity index (χ1v) is 8.94. The van der Waals surface area contributed by atoms with Gasteiger partial charge in [0.1, 0.15) is 0 Å². The Morgan fingerprint density at radius 2 is 1.84 bits per heavy atom. The zero-order chi connectivity index (χ0) is 18.2. The number of halogens is 3. The van der Waals surface area contributed by atoms with Crippen molar-refractivity contribution in [2.45, 2.75) is 15.3 Å². The number of para-hydroxylation sites is 1. The summed E-state index contributed by atoms with van der Waals surface area (Å²) < 4.78 is 69.6. The van der Waals surface area contributed by atoms with Gasteiger partial charge in [0.15, 0.2) is 5.58 Å². The van der Waals surface area contributed by atoms with Gasteiger partial charge in [0.05, 0.1) is 16.1 Å². The average molecular weight is 390 g/mol. The number of fused-ring (bicyclic) bond motifs is 1. The summed E-state index contributed by atoms with van der Waals surface area (Å²) in [6.45, 7) is 0. The lowest BCUT2D eigenvalue weighted by molar-refractivity contribution is -0.0327. The normalized spacial score (nSPS) is 12.4. The largest absolute Gasteiger partial charge is 0.446 e. The summed E-state index contributed by atoms with van der Waals surface area (Å²) in [5.41, 5.74) is -4.45. The highest BCUT2D eigenvalue weighted by Gasteiger charge is 2.31. The highest BCUT2D eigenvalue weighted by atomic mass is 32.2. The average Bonchev–Trinajstić information content (AvgIpc) is 2.86. The second-order valence-electron chi connectivity index (χ2n) is 4.82. The van der Waals surface area contributed by atoms with Gasteiger partial charge in [-0.05, 0) is 36.0 Å². The van der Waals surface area contributed by atoms with Gasteiger partial charge in [-0.15, -0.1) is 0 Å². The lowest BCUT2D eigenvalue weighted by atomic mass is 10.3. The molecular weight excluding hydrogens is 381 g/mol. The molecule has 3 rings (SSSR count). The number of nitrogens with one attached hydrogen (secondary N) is 2. The predicted molar refractivity (Wildman–Crippen MR) is 86.0 cm³/mol. The molecule has 0 aliphatic rings. The van der Waals surface area contributed by atoms with Crippen molar-refractivity contribution in [2.75, 3.05) is 4.72 Å². The fourth-order valence-corrected chi connectivity index (χ4v) is 3.85. The molecule has 0 spiro atoms. The molecule has 0 fully saturated rings. The van der Waals surface area contributed by atoms with Crippen LogP contribution in [0.25, 0.3) is 11.1 Å². The Hall–Kier alpha value is -2.40. The molecule has 2 N–H and O–H groups in total. The minimum absolute atomic E-state index is 0.0193. The van der Waals surface area contributed by atoms with E-state index in [4.69, 9.17) is 4.42 Å². The summed E-state index contributed by atoms with van der Waals surface area (Å²) in [6, 6.07) is 8.79. The third-order valence-corrected chi connectivity index (χ3v) is 5.23. The van der Waals surface area contributed by atoms with Gasteiger partial charge in [-0.1, -0.05) is 12.1 Å². The van der Waals surface area contributed by atoms with Crippen molar-refractivity contribution in [3.05, 3.63) is 53.0 Å². The summed E-state index contributed by atoms with van der Waals surface area (Å²) in [5.74, 6) is -0.746. The number of aromatic amines is 1. The van der Waals surface area contributed by atoms with Crippen molar-refractivity contribution in [1.82, 2.24) is 4.98 Å². The van der Waals surface area contributed by atoms with E-state index in [0.29, 0.717) is 5.52 Å². The number of hydrogen-bond donors (Lipinski definition) is 2. The van der Waals surface area contributed by atoms with Crippen LogP contribution in [0.3, 0.4) is 0 Å². The fourth-order valence-electron chi connectivity index (χ4n) is 2.06. The molecule has 0 bridgehead atoms. The maximum absolute atomic E-state index is 12.6. The number of thioether (sulfide) groups is 1. The summed E-state index contributed by atoms with van der Waals surface area (Å²) in [6.07, 6.45) is 0. The first-order chi connectivity index (χ1) is 11.6. The minimum atomic E-state index is -4.56. The fraction of sp³-hybridized carbons (Fsp3) is 0.0714. The number of benzene rings is 2. The molecule has 0 aliphatic carbocycles. The smallest absolute Gasteiger partial charge is 0.408 e. The number of oxazole rings is 1. The van der Waals surface area contributed by atoms with Crippen molar-refractivity contribution >= 4 is 38.6 Å². The maximum atomic E-state index is 12.6. The zero-order valence-corrected chi connectivity index (χ0v) is 13.8. The first kappa shape index (κ1) is 17.4. The summed E-state index contributed by atoms with van der Waals surface area (Å²) in [4.78, 5) is 12.9. The molecule has 0 aliphatic heterocycles. The second kappa shape index (κ2) is 6.15. The second-order valence-corrected chi connectivity index (χ2v) is 7.61. The number of hydrogen-bond acceptors (Lipinski definition) is 5. The standard InChI is InChI=1S/C14H9F3N2O4S2/c15-14(16,17)24-12-4-2-1-3-10(12)19-25(21,22)8-5-6-9-11(7-8)23-13(20)18-9/h1-7,19H,(H,18,20). The van der Waals surface area contributed by atoms with Crippen molar-refractivity contribution in [3.63, 3.8) is 0 Å². The lowest BCUT2D eigenvalue weighted by Gasteiger charge is -2.13. The molecule has 0 radical (unpaired) electrons. The van der Waals surface area contributed by atoms with Gasteiger partial charge >= 0.3 is 11.3 Å². The van der Waals surface area contributed by atoms with Crippen LogP contribution in [0.4, 0.5) is 18.9 Å². The van der Waals surface area contributed by atoms with Crippen molar-refractivity contribution in [1.29, 1.82) is 0 Å². The summed E-state index contributed by atoms with van der Waals surface area (Å²) >= 11 is -0.423. The van der Waals surface area contributed by atoms with Crippen LogP contribution in [-0.2, 0) is 10.0 Å². The van der Waals surface area contributed by atoms with Gasteiger partial charge in [0, 0.05) is 11.0 Å². The molecule has 132 valence electrons. The summed E-state index contributed by atoms with van der Waals surface area (Å²) in [5, 5.41) is 0. The van der Waals surface area contributed by atoms with Crippen LogP contribution in [0.1, 0.15) is 0 Å². The van der Waals surface area contributed by atoms with E-state index in [-0.39, 0.29) is 21.1 Å². The Morgan fingerprint density at radius 1 is 1.12 bits per heavy atom. The van der Waals surface area contributed by atoms with Crippen LogP contribution in [0.5, 0.6) is 0 Å². The molecule has 25 heavy (non-hydrogen) atoms. The topological polar surface area (TPSA) is 92.2 Å². The van der Waals surface area contributed by atoms with E-state index in [2.05, 4.69) is 9.71 Å². The van der Waals surface area contributed by atoms with Crippen molar-refractivity contribution in [2.24, 2.45) is 0 Å². The monoisotopic (exact) mass is 390 g/mol. The molecule has 3 aromatic rings. The summed E-state index contributed by atoms with van der Waals surface area (Å²) in [7, 11) is -4.18. The number of rotatable bonds is 4. The van der Waals surface area contributed by atoms with E-state index < -0.39 is 33.0 Å². The first-order valence-electron chi connectivity index (χ1n) is 6.64. The number of sulfonamides is 1. The molecule has 1 heterocycles. The predicted octanol–water partition coefficient (Wildman–Crippen LogP) is 3.53. The van der Waals surface area contributed by atoms with Gasteiger partial charge in [0.25, 0.3) is 10.0 Å². The maximum Gasteiger partial charge on any atom is 0.446 e. The molecule has 1 aromatic heterocycles. The Bertz CT molecular complexity index is 1090. The molecule has 2 aromatic carbocycles. The molecule has 0 saturated carbocycles. The van der Waals surface area contributed by atoms with Crippen LogP contribution in [0, 0.1) is 0 Å². The molecule has 0 atom stereocenters. The number of H-pyrrole nitrogens is 1. The van der Waals surface area contributed by atoms with Gasteiger partial charge in [-0.25, -0.2) is 13.2 Å². The van der Waals surface area contributed by atoms with E-state index in [1.807, 2.05) is 0 Å². The highest BCUT2D eigenvalue weighted by Crippen LogP contribution is 2.40. The highest BCUT2D eigenvalue weighted by molar-refractivity contribution is 8.00. The van der Waals surface area contributed by atoms with E-state index in [0.717, 1.165) is 12.1 Å². The SMILES string of the molecule is O=c1[nH]c2ccc(S(=O)(=O)Nc3ccccc3SC(F)(F)F)cc2o1. The van der Waals surface area contributed by atoms with Crippen LogP contribution >= 0.6 is 11.8 Å². The molecule has 0 saturated heterocycles. The van der Waals surface area contributed by atoms with Gasteiger partial charge in [0.2, 0.25) is 0 Å². The quantitative estimate of drug-likeness (QED) is 0.665. The number of aromatic nitrogens is 1. The molecular formula is C14H9F3N2O4S2. The van der Waals surface area contributed by atoms with Crippen molar-refractivity contribution < 1.29 is 26.0 Å². The Balaban J connectivity index is 1.97.